The minimum absolute atomic E-state index is 0.128. The highest BCUT2D eigenvalue weighted by molar-refractivity contribution is 7.92. The van der Waals surface area contributed by atoms with E-state index in [1.807, 2.05) is 0 Å². The zero-order chi connectivity index (χ0) is 22.4. The van der Waals surface area contributed by atoms with Crippen LogP contribution >= 0.6 is 0 Å². The third-order valence-corrected chi connectivity index (χ3v) is 5.56. The molecule has 5 N–H and O–H groups in total. The van der Waals surface area contributed by atoms with E-state index >= 15 is 0 Å². The minimum Gasteiger partial charge on any atom is -0.351 e. The van der Waals surface area contributed by atoms with Crippen LogP contribution in [0.4, 0.5) is 20.6 Å². The van der Waals surface area contributed by atoms with Crippen LogP contribution in [0.25, 0.3) is 0 Å². The normalized spacial score (nSPS) is 10.9. The van der Waals surface area contributed by atoms with Crippen LogP contribution in [-0.2, 0) is 16.6 Å². The van der Waals surface area contributed by atoms with Crippen molar-refractivity contribution in [1.82, 2.24) is 5.32 Å². The summed E-state index contributed by atoms with van der Waals surface area (Å²) in [7, 11) is -4.09. The summed E-state index contributed by atoms with van der Waals surface area (Å²) in [5.41, 5.74) is 6.26. The van der Waals surface area contributed by atoms with Crippen LogP contribution in [0.1, 0.15) is 15.9 Å². The molecule has 0 aliphatic rings. The Balaban J connectivity index is 1.68. The van der Waals surface area contributed by atoms with E-state index in [1.165, 1.54) is 42.5 Å². The third kappa shape index (κ3) is 5.80. The van der Waals surface area contributed by atoms with Gasteiger partial charge in [-0.1, -0.05) is 30.3 Å². The maximum absolute atomic E-state index is 13.8. The molecular weight excluding hydrogens is 423 g/mol. The van der Waals surface area contributed by atoms with Gasteiger partial charge < -0.3 is 16.4 Å². The van der Waals surface area contributed by atoms with Gasteiger partial charge in [-0.2, -0.15) is 0 Å². The summed E-state index contributed by atoms with van der Waals surface area (Å²) in [6.45, 7) is 0.181. The Labute approximate surface area is 178 Å². The largest absolute Gasteiger partial charge is 0.351 e. The lowest BCUT2D eigenvalue weighted by atomic mass is 10.2. The fraction of sp³-hybridized carbons (Fsp3) is 0.0476. The quantitative estimate of drug-likeness (QED) is 0.448. The van der Waals surface area contributed by atoms with Gasteiger partial charge in [-0.3, -0.25) is 9.52 Å². The fourth-order valence-electron chi connectivity index (χ4n) is 2.68. The second-order valence-electron chi connectivity index (χ2n) is 6.48. The maximum atomic E-state index is 13.8. The van der Waals surface area contributed by atoms with Gasteiger partial charge in [-0.25, -0.2) is 17.6 Å². The molecule has 3 amide bonds. The van der Waals surface area contributed by atoms with E-state index < -0.39 is 27.8 Å². The van der Waals surface area contributed by atoms with Crippen molar-refractivity contribution >= 4 is 33.3 Å². The molecule has 0 heterocycles. The summed E-state index contributed by atoms with van der Waals surface area (Å²) in [6, 6.07) is 16.8. The van der Waals surface area contributed by atoms with Crippen molar-refractivity contribution in [3.8, 4) is 0 Å². The number of carbonyl (C=O) groups excluding carboxylic acids is 2. The summed E-state index contributed by atoms with van der Waals surface area (Å²) in [6.07, 6.45) is 0. The van der Waals surface area contributed by atoms with Gasteiger partial charge in [0.25, 0.3) is 15.9 Å². The molecule has 0 saturated heterocycles. The average molecular weight is 442 g/mol. The second kappa shape index (κ2) is 9.26. The van der Waals surface area contributed by atoms with Crippen molar-refractivity contribution < 1.29 is 22.4 Å². The first-order valence-electron chi connectivity index (χ1n) is 9.05. The predicted molar refractivity (Wildman–Crippen MR) is 114 cm³/mol. The van der Waals surface area contributed by atoms with Crippen LogP contribution in [0.5, 0.6) is 0 Å². The van der Waals surface area contributed by atoms with Gasteiger partial charge in [-0.05, 0) is 48.0 Å². The number of hydrogen-bond acceptors (Lipinski definition) is 4. The number of urea groups is 1. The van der Waals surface area contributed by atoms with Crippen LogP contribution in [-0.4, -0.2) is 20.4 Å². The van der Waals surface area contributed by atoms with E-state index in [9.17, 15) is 22.4 Å². The number of benzene rings is 3. The monoisotopic (exact) mass is 442 g/mol. The zero-order valence-corrected chi connectivity index (χ0v) is 16.9. The Bertz CT molecular complexity index is 1210. The van der Waals surface area contributed by atoms with Crippen molar-refractivity contribution in [3.63, 3.8) is 0 Å². The first kappa shape index (κ1) is 21.8. The van der Waals surface area contributed by atoms with E-state index in [2.05, 4.69) is 15.4 Å². The first-order chi connectivity index (χ1) is 14.7. The maximum Gasteiger partial charge on any atom is 0.316 e. The number of para-hydroxylation sites is 1. The number of primary amides is 1. The summed E-state index contributed by atoms with van der Waals surface area (Å²) in [4.78, 5) is 23.1. The van der Waals surface area contributed by atoms with E-state index in [4.69, 9.17) is 5.73 Å². The van der Waals surface area contributed by atoms with Crippen LogP contribution in [0.2, 0.25) is 0 Å². The lowest BCUT2D eigenvalue weighted by Gasteiger charge is -2.11. The van der Waals surface area contributed by atoms with Crippen LogP contribution in [0.3, 0.4) is 0 Å². The van der Waals surface area contributed by atoms with Crippen molar-refractivity contribution in [3.05, 3.63) is 89.7 Å². The molecule has 0 radical (unpaired) electrons. The molecule has 0 atom stereocenters. The predicted octanol–water partition coefficient (Wildman–Crippen LogP) is 3.05. The number of rotatable bonds is 7. The van der Waals surface area contributed by atoms with Crippen LogP contribution in [0.15, 0.2) is 77.7 Å². The van der Waals surface area contributed by atoms with Gasteiger partial charge in [0, 0.05) is 17.8 Å². The van der Waals surface area contributed by atoms with Crippen LogP contribution in [0, 0.1) is 5.82 Å². The molecule has 8 nitrogen and oxygen atoms in total. The highest BCUT2D eigenvalue weighted by Crippen LogP contribution is 2.19. The molecular formula is C21H19FN4O4S. The second-order valence-corrected chi connectivity index (χ2v) is 8.16. The molecule has 3 rings (SSSR count). The third-order valence-electron chi connectivity index (χ3n) is 4.20. The summed E-state index contributed by atoms with van der Waals surface area (Å²) >= 11 is 0. The Morgan fingerprint density at radius 2 is 1.65 bits per heavy atom. The highest BCUT2D eigenvalue weighted by Gasteiger charge is 2.18. The van der Waals surface area contributed by atoms with Gasteiger partial charge in [0.05, 0.1) is 10.6 Å². The summed E-state index contributed by atoms with van der Waals surface area (Å²) in [5, 5.41) is 5.12. The lowest BCUT2D eigenvalue weighted by molar-refractivity contribution is 0.0950. The molecule has 0 aliphatic heterocycles. The highest BCUT2D eigenvalue weighted by atomic mass is 32.2. The van der Waals surface area contributed by atoms with Crippen molar-refractivity contribution in [1.29, 1.82) is 0 Å². The molecule has 0 aromatic heterocycles. The molecule has 3 aromatic rings. The number of nitrogens with two attached hydrogens (primary N) is 1. The zero-order valence-electron chi connectivity index (χ0n) is 16.1. The molecule has 0 saturated carbocycles. The SMILES string of the molecule is NC(=O)Nc1ccc(CNC(=O)c2cccc(S(=O)(=O)Nc3ccccc3F)c2)cc1. The van der Waals surface area contributed by atoms with E-state index in [0.717, 1.165) is 11.6 Å². The van der Waals surface area contributed by atoms with Crippen LogP contribution < -0.4 is 21.1 Å². The van der Waals surface area contributed by atoms with Gasteiger partial charge >= 0.3 is 6.03 Å². The summed E-state index contributed by atoms with van der Waals surface area (Å²) < 4.78 is 41.1. The average Bonchev–Trinajstić information content (AvgIpc) is 2.74. The van der Waals surface area contributed by atoms with Crippen molar-refractivity contribution in [2.45, 2.75) is 11.4 Å². The number of sulfonamides is 1. The number of hydrogen-bond donors (Lipinski definition) is 4. The van der Waals surface area contributed by atoms with Gasteiger partial charge in [0.15, 0.2) is 0 Å². The molecule has 10 heteroatoms. The summed E-state index contributed by atoms with van der Waals surface area (Å²) in [5.74, 6) is -1.20. The molecule has 0 unspecified atom stereocenters. The number of carbonyl (C=O) groups is 2. The molecule has 31 heavy (non-hydrogen) atoms. The Kier molecular flexibility index (Phi) is 6.51. The number of halogens is 1. The molecule has 0 bridgehead atoms. The molecule has 0 aliphatic carbocycles. The van der Waals surface area contributed by atoms with E-state index in [0.29, 0.717) is 5.69 Å². The smallest absolute Gasteiger partial charge is 0.316 e. The number of anilines is 2. The Morgan fingerprint density at radius 3 is 2.32 bits per heavy atom. The topological polar surface area (TPSA) is 130 Å². The lowest BCUT2D eigenvalue weighted by Crippen LogP contribution is -2.23. The molecule has 3 aromatic carbocycles. The standard InChI is InChI=1S/C21H19FN4O4S/c22-18-6-1-2-7-19(18)26-31(29,30)17-5-3-4-15(12-17)20(27)24-13-14-8-10-16(11-9-14)25-21(23)28/h1-12,26H,13H2,(H,24,27)(H3,23,25,28). The van der Waals surface area contributed by atoms with Gasteiger partial charge in [-0.15, -0.1) is 0 Å². The van der Waals surface area contributed by atoms with Gasteiger partial charge in [0.2, 0.25) is 0 Å². The van der Waals surface area contributed by atoms with Crippen molar-refractivity contribution in [2.75, 3.05) is 10.0 Å². The number of nitrogens with one attached hydrogen (secondary N) is 3. The molecule has 0 spiro atoms. The van der Waals surface area contributed by atoms with E-state index in [-0.39, 0.29) is 22.7 Å². The Hall–Kier alpha value is -3.92. The molecule has 160 valence electrons. The minimum atomic E-state index is -4.09. The fourth-order valence-corrected chi connectivity index (χ4v) is 3.80. The molecule has 0 fully saturated rings. The van der Waals surface area contributed by atoms with Crippen molar-refractivity contribution in [2.24, 2.45) is 5.73 Å². The van der Waals surface area contributed by atoms with E-state index in [1.54, 1.807) is 24.3 Å². The van der Waals surface area contributed by atoms with Gasteiger partial charge in [0.1, 0.15) is 5.82 Å². The number of amides is 3. The first-order valence-corrected chi connectivity index (χ1v) is 10.5. The Morgan fingerprint density at radius 1 is 0.935 bits per heavy atom.